The molecule has 0 aromatic carbocycles. The molecule has 1 N–H and O–H groups in total. The zero-order chi connectivity index (χ0) is 10.6. The topological polar surface area (TPSA) is 29.1 Å². The van der Waals surface area contributed by atoms with E-state index in [1.807, 2.05) is 6.92 Å². The van der Waals surface area contributed by atoms with Gasteiger partial charge in [0.25, 0.3) is 0 Å². The highest BCUT2D eigenvalue weighted by Crippen LogP contribution is 2.36. The van der Waals surface area contributed by atoms with Crippen LogP contribution in [-0.2, 0) is 10.8 Å². The highest BCUT2D eigenvalue weighted by molar-refractivity contribution is 7.84. The van der Waals surface area contributed by atoms with Gasteiger partial charge in [0.15, 0.2) is 0 Å². The molecule has 1 fully saturated rings. The first-order chi connectivity index (χ1) is 6.53. The molecule has 0 aromatic heterocycles. The van der Waals surface area contributed by atoms with Gasteiger partial charge in [-0.05, 0) is 24.7 Å². The van der Waals surface area contributed by atoms with Gasteiger partial charge in [-0.2, -0.15) is 0 Å². The van der Waals surface area contributed by atoms with Crippen LogP contribution in [0.3, 0.4) is 0 Å². The Morgan fingerprint density at radius 3 is 2.71 bits per heavy atom. The van der Waals surface area contributed by atoms with Crippen LogP contribution in [0.5, 0.6) is 0 Å². The Bertz CT molecular complexity index is 203. The van der Waals surface area contributed by atoms with Crippen LogP contribution in [0.25, 0.3) is 0 Å². The van der Waals surface area contributed by atoms with Crippen molar-refractivity contribution in [1.82, 2.24) is 5.32 Å². The number of hydrogen-bond acceptors (Lipinski definition) is 2. The molecule has 3 heteroatoms. The summed E-state index contributed by atoms with van der Waals surface area (Å²) in [6.45, 7) is 7.56. The smallest absolute Gasteiger partial charge is 0.0360 e. The highest BCUT2D eigenvalue weighted by Gasteiger charge is 2.30. The van der Waals surface area contributed by atoms with Gasteiger partial charge in [0.1, 0.15) is 0 Å². The molecule has 0 amide bonds. The maximum Gasteiger partial charge on any atom is 0.0360 e. The molecule has 1 aliphatic carbocycles. The van der Waals surface area contributed by atoms with E-state index in [2.05, 4.69) is 19.2 Å². The lowest BCUT2D eigenvalue weighted by Gasteiger charge is -2.17. The molecule has 1 rings (SSSR count). The highest BCUT2D eigenvalue weighted by atomic mass is 32.2. The van der Waals surface area contributed by atoms with Crippen molar-refractivity contribution in [3.63, 3.8) is 0 Å². The van der Waals surface area contributed by atoms with E-state index in [0.29, 0.717) is 11.5 Å². The first-order valence-electron chi connectivity index (χ1n) is 5.62. The summed E-state index contributed by atoms with van der Waals surface area (Å²) in [4.78, 5) is 0. The molecule has 0 spiro atoms. The molecule has 84 valence electrons. The fraction of sp³-hybridized carbons (Fsp3) is 1.00. The molecule has 0 bridgehead atoms. The molecule has 2 atom stereocenters. The predicted octanol–water partition coefficient (Wildman–Crippen LogP) is 1.92. The first-order valence-corrected chi connectivity index (χ1v) is 7.10. The normalized spacial score (nSPS) is 27.8. The minimum Gasteiger partial charge on any atom is -0.313 e. The molecule has 1 aliphatic rings. The molecular weight excluding hydrogens is 194 g/mol. The Hall–Kier alpha value is 0.110. The van der Waals surface area contributed by atoms with Gasteiger partial charge in [-0.15, -0.1) is 0 Å². The molecule has 0 heterocycles. The van der Waals surface area contributed by atoms with Crippen molar-refractivity contribution in [3.05, 3.63) is 0 Å². The molecular formula is C11H23NOS. The maximum absolute atomic E-state index is 11.2. The standard InChI is InChI=1S/C11H23NOS/c1-4-14(13)8-7-12-10-5-6-11(2,3)9-10/h10,12H,4-9H2,1-3H3. The third-order valence-corrected chi connectivity index (χ3v) is 4.36. The van der Waals surface area contributed by atoms with E-state index in [-0.39, 0.29) is 0 Å². The van der Waals surface area contributed by atoms with Crippen LogP contribution in [0.1, 0.15) is 40.0 Å². The Kier molecular flexibility index (Phi) is 4.58. The lowest BCUT2D eigenvalue weighted by atomic mass is 9.92. The largest absolute Gasteiger partial charge is 0.313 e. The van der Waals surface area contributed by atoms with Gasteiger partial charge in [-0.3, -0.25) is 4.21 Å². The quantitative estimate of drug-likeness (QED) is 0.762. The van der Waals surface area contributed by atoms with Crippen LogP contribution in [0.2, 0.25) is 0 Å². The average molecular weight is 217 g/mol. The van der Waals surface area contributed by atoms with Crippen molar-refractivity contribution < 1.29 is 4.21 Å². The zero-order valence-corrected chi connectivity index (χ0v) is 10.5. The molecule has 1 saturated carbocycles. The van der Waals surface area contributed by atoms with Gasteiger partial charge in [0.2, 0.25) is 0 Å². The van der Waals surface area contributed by atoms with Crippen LogP contribution >= 0.6 is 0 Å². The summed E-state index contributed by atoms with van der Waals surface area (Å²) in [5, 5.41) is 3.51. The second kappa shape index (κ2) is 5.26. The Morgan fingerprint density at radius 2 is 2.21 bits per heavy atom. The van der Waals surface area contributed by atoms with E-state index in [1.54, 1.807) is 0 Å². The Balaban J connectivity index is 2.12. The lowest BCUT2D eigenvalue weighted by Crippen LogP contribution is -2.31. The molecule has 2 nitrogen and oxygen atoms in total. The van der Waals surface area contributed by atoms with Crippen LogP contribution in [0, 0.1) is 5.41 Å². The lowest BCUT2D eigenvalue weighted by molar-refractivity contribution is 0.366. The maximum atomic E-state index is 11.2. The summed E-state index contributed by atoms with van der Waals surface area (Å²) in [6, 6.07) is 0.666. The molecule has 14 heavy (non-hydrogen) atoms. The SMILES string of the molecule is CCS(=O)CCNC1CCC(C)(C)C1. The predicted molar refractivity (Wildman–Crippen MR) is 63.0 cm³/mol. The van der Waals surface area contributed by atoms with Gasteiger partial charge in [-0.25, -0.2) is 0 Å². The number of hydrogen-bond donors (Lipinski definition) is 1. The van der Waals surface area contributed by atoms with Crippen molar-refractivity contribution in [2.75, 3.05) is 18.1 Å². The summed E-state index contributed by atoms with van der Waals surface area (Å²) < 4.78 is 11.2. The molecule has 0 aromatic rings. The minimum atomic E-state index is -0.609. The second-order valence-electron chi connectivity index (χ2n) is 4.99. The van der Waals surface area contributed by atoms with Gasteiger partial charge in [-0.1, -0.05) is 20.8 Å². The fourth-order valence-electron chi connectivity index (χ4n) is 2.13. The van der Waals surface area contributed by atoms with Gasteiger partial charge < -0.3 is 5.32 Å². The van der Waals surface area contributed by atoms with Crippen molar-refractivity contribution in [2.24, 2.45) is 5.41 Å². The summed E-state index contributed by atoms with van der Waals surface area (Å²) in [5.41, 5.74) is 0.515. The first kappa shape index (κ1) is 12.2. The van der Waals surface area contributed by atoms with E-state index in [1.165, 1.54) is 19.3 Å². The van der Waals surface area contributed by atoms with Crippen molar-refractivity contribution in [3.8, 4) is 0 Å². The van der Waals surface area contributed by atoms with Crippen LogP contribution < -0.4 is 5.32 Å². The Morgan fingerprint density at radius 1 is 1.50 bits per heavy atom. The number of rotatable bonds is 5. The molecule has 2 unspecified atom stereocenters. The van der Waals surface area contributed by atoms with Crippen molar-refractivity contribution in [1.29, 1.82) is 0 Å². The van der Waals surface area contributed by atoms with E-state index >= 15 is 0 Å². The number of nitrogens with one attached hydrogen (secondary N) is 1. The van der Waals surface area contributed by atoms with Crippen LogP contribution in [-0.4, -0.2) is 28.3 Å². The van der Waals surface area contributed by atoms with Crippen molar-refractivity contribution in [2.45, 2.75) is 46.1 Å². The third kappa shape index (κ3) is 4.09. The molecule has 0 radical (unpaired) electrons. The van der Waals surface area contributed by atoms with Gasteiger partial charge >= 0.3 is 0 Å². The van der Waals surface area contributed by atoms with Crippen molar-refractivity contribution >= 4 is 10.8 Å². The fourth-order valence-corrected chi connectivity index (χ4v) is 2.77. The van der Waals surface area contributed by atoms with E-state index in [9.17, 15) is 4.21 Å². The van der Waals surface area contributed by atoms with Crippen LogP contribution in [0.4, 0.5) is 0 Å². The van der Waals surface area contributed by atoms with Gasteiger partial charge in [0, 0.05) is 34.9 Å². The van der Waals surface area contributed by atoms with E-state index < -0.39 is 10.8 Å². The zero-order valence-electron chi connectivity index (χ0n) is 9.64. The van der Waals surface area contributed by atoms with Crippen LogP contribution in [0.15, 0.2) is 0 Å². The van der Waals surface area contributed by atoms with E-state index in [0.717, 1.165) is 18.1 Å². The second-order valence-corrected chi connectivity index (χ2v) is 6.86. The monoisotopic (exact) mass is 217 g/mol. The third-order valence-electron chi connectivity index (χ3n) is 3.05. The average Bonchev–Trinajstić information content (AvgIpc) is 2.45. The van der Waals surface area contributed by atoms with Gasteiger partial charge in [0.05, 0.1) is 0 Å². The summed E-state index contributed by atoms with van der Waals surface area (Å²) in [6.07, 6.45) is 3.87. The molecule has 0 saturated heterocycles. The minimum absolute atomic E-state index is 0.515. The summed E-state index contributed by atoms with van der Waals surface area (Å²) in [7, 11) is -0.609. The summed E-state index contributed by atoms with van der Waals surface area (Å²) in [5.74, 6) is 1.60. The summed E-state index contributed by atoms with van der Waals surface area (Å²) >= 11 is 0. The molecule has 0 aliphatic heterocycles. The Labute approximate surface area is 90.3 Å². The van der Waals surface area contributed by atoms with E-state index in [4.69, 9.17) is 0 Å².